The molecule has 1 heterocycles. The molecule has 0 bridgehead atoms. The van der Waals surface area contributed by atoms with Crippen LogP contribution in [0, 0.1) is 5.92 Å². The number of piperidine rings is 1. The summed E-state index contributed by atoms with van der Waals surface area (Å²) in [6.45, 7) is 6.65. The first kappa shape index (κ1) is 20.2. The molecule has 144 valence electrons. The Labute approximate surface area is 150 Å². The molecule has 0 radical (unpaired) electrons. The zero-order chi connectivity index (χ0) is 19.3. The van der Waals surface area contributed by atoms with Crippen LogP contribution in [0.4, 0.5) is 18.9 Å². The van der Waals surface area contributed by atoms with Gasteiger partial charge in [-0.2, -0.15) is 13.2 Å². The number of likely N-dealkylation sites (tertiary alicyclic amines) is 1. The average Bonchev–Trinajstić information content (AvgIpc) is 2.59. The Bertz CT molecular complexity index is 622. The Kier molecular flexibility index (Phi) is 6.63. The molecular weight excluding hydrogens is 347 g/mol. The second kappa shape index (κ2) is 8.53. The minimum absolute atomic E-state index is 0.142. The standard InChI is InChI=1S/C18H24F3N3O2/c1-12(2)24-9-7-13(8-10-24)11-22-16(25)17(26)23-15-5-3-14(4-6-15)18(19,20)21/h3-6,12-13H,7-11H2,1-2H3,(H,22,25)(H,23,26). The topological polar surface area (TPSA) is 61.4 Å². The smallest absolute Gasteiger partial charge is 0.348 e. The number of nitrogens with one attached hydrogen (secondary N) is 2. The third kappa shape index (κ3) is 5.72. The summed E-state index contributed by atoms with van der Waals surface area (Å²) >= 11 is 0. The first-order valence-electron chi connectivity index (χ1n) is 8.67. The van der Waals surface area contributed by atoms with Crippen molar-refractivity contribution in [2.75, 3.05) is 25.0 Å². The lowest BCUT2D eigenvalue weighted by Crippen LogP contribution is -2.43. The molecule has 0 unspecified atom stereocenters. The van der Waals surface area contributed by atoms with Gasteiger partial charge in [0, 0.05) is 18.3 Å². The maximum atomic E-state index is 12.5. The highest BCUT2D eigenvalue weighted by molar-refractivity contribution is 6.39. The van der Waals surface area contributed by atoms with Crippen LogP contribution in [0.3, 0.4) is 0 Å². The number of amides is 2. The molecule has 1 aromatic rings. The van der Waals surface area contributed by atoms with Gasteiger partial charge in [0.15, 0.2) is 0 Å². The van der Waals surface area contributed by atoms with Gasteiger partial charge in [-0.05, 0) is 70.0 Å². The summed E-state index contributed by atoms with van der Waals surface area (Å²) < 4.78 is 37.5. The molecule has 1 aromatic carbocycles. The Hall–Kier alpha value is -2.09. The van der Waals surface area contributed by atoms with Gasteiger partial charge >= 0.3 is 18.0 Å². The number of alkyl halides is 3. The lowest BCUT2D eigenvalue weighted by Gasteiger charge is -2.34. The third-order valence-corrected chi connectivity index (χ3v) is 4.61. The van der Waals surface area contributed by atoms with Crippen molar-refractivity contribution in [2.45, 2.75) is 38.9 Å². The largest absolute Gasteiger partial charge is 0.416 e. The van der Waals surface area contributed by atoms with E-state index < -0.39 is 23.6 Å². The predicted molar refractivity (Wildman–Crippen MR) is 92.5 cm³/mol. The van der Waals surface area contributed by atoms with Gasteiger partial charge in [-0.25, -0.2) is 0 Å². The van der Waals surface area contributed by atoms with Crippen molar-refractivity contribution in [3.63, 3.8) is 0 Å². The van der Waals surface area contributed by atoms with Gasteiger partial charge in [-0.15, -0.1) is 0 Å². The molecule has 1 saturated heterocycles. The summed E-state index contributed by atoms with van der Waals surface area (Å²) in [5, 5.41) is 4.91. The van der Waals surface area contributed by atoms with Crippen LogP contribution in [0.25, 0.3) is 0 Å². The molecule has 1 aliphatic heterocycles. The van der Waals surface area contributed by atoms with Crippen LogP contribution in [-0.4, -0.2) is 42.4 Å². The molecule has 2 amide bonds. The summed E-state index contributed by atoms with van der Waals surface area (Å²) in [4.78, 5) is 26.1. The molecular formula is C18H24F3N3O2. The Morgan fingerprint density at radius 2 is 1.69 bits per heavy atom. The van der Waals surface area contributed by atoms with Crippen molar-refractivity contribution in [1.82, 2.24) is 10.2 Å². The van der Waals surface area contributed by atoms with Crippen molar-refractivity contribution in [1.29, 1.82) is 0 Å². The highest BCUT2D eigenvalue weighted by Gasteiger charge is 2.30. The number of halogens is 3. The molecule has 1 fully saturated rings. The Balaban J connectivity index is 1.77. The Morgan fingerprint density at radius 3 is 2.19 bits per heavy atom. The number of carbonyl (C=O) groups excluding carboxylic acids is 2. The van der Waals surface area contributed by atoms with Gasteiger partial charge in [0.05, 0.1) is 5.56 Å². The van der Waals surface area contributed by atoms with Crippen molar-refractivity contribution in [2.24, 2.45) is 5.92 Å². The first-order chi connectivity index (χ1) is 12.2. The van der Waals surface area contributed by atoms with E-state index >= 15 is 0 Å². The fourth-order valence-electron chi connectivity index (χ4n) is 2.92. The maximum absolute atomic E-state index is 12.5. The molecule has 1 aliphatic rings. The molecule has 5 nitrogen and oxygen atoms in total. The van der Waals surface area contributed by atoms with Gasteiger partial charge < -0.3 is 15.5 Å². The van der Waals surface area contributed by atoms with E-state index in [4.69, 9.17) is 0 Å². The molecule has 0 atom stereocenters. The average molecular weight is 371 g/mol. The number of hydrogen-bond acceptors (Lipinski definition) is 3. The number of rotatable bonds is 4. The van der Waals surface area contributed by atoms with E-state index in [2.05, 4.69) is 29.4 Å². The zero-order valence-corrected chi connectivity index (χ0v) is 14.9. The van der Waals surface area contributed by atoms with E-state index in [1.54, 1.807) is 0 Å². The maximum Gasteiger partial charge on any atom is 0.416 e. The van der Waals surface area contributed by atoms with Crippen LogP contribution in [-0.2, 0) is 15.8 Å². The van der Waals surface area contributed by atoms with Gasteiger partial charge in [0.2, 0.25) is 0 Å². The van der Waals surface area contributed by atoms with E-state index in [-0.39, 0.29) is 5.69 Å². The van der Waals surface area contributed by atoms with E-state index in [1.165, 1.54) is 0 Å². The second-order valence-electron chi connectivity index (χ2n) is 6.81. The fraction of sp³-hybridized carbons (Fsp3) is 0.556. The summed E-state index contributed by atoms with van der Waals surface area (Å²) in [5.74, 6) is -1.34. The number of nitrogens with zero attached hydrogens (tertiary/aromatic N) is 1. The summed E-state index contributed by atoms with van der Waals surface area (Å²) in [6.07, 6.45) is -2.52. The third-order valence-electron chi connectivity index (χ3n) is 4.61. The van der Waals surface area contributed by atoms with Crippen LogP contribution >= 0.6 is 0 Å². The number of carbonyl (C=O) groups is 2. The van der Waals surface area contributed by atoms with Crippen molar-refractivity contribution < 1.29 is 22.8 Å². The van der Waals surface area contributed by atoms with Crippen LogP contribution in [0.5, 0.6) is 0 Å². The quantitative estimate of drug-likeness (QED) is 0.800. The lowest BCUT2D eigenvalue weighted by atomic mass is 9.96. The van der Waals surface area contributed by atoms with Crippen LogP contribution in [0.15, 0.2) is 24.3 Å². The van der Waals surface area contributed by atoms with Crippen LogP contribution < -0.4 is 10.6 Å². The zero-order valence-electron chi connectivity index (χ0n) is 14.9. The molecule has 8 heteroatoms. The lowest BCUT2D eigenvalue weighted by molar-refractivity contribution is -0.137. The van der Waals surface area contributed by atoms with Gasteiger partial charge in [-0.1, -0.05) is 0 Å². The van der Waals surface area contributed by atoms with Gasteiger partial charge in [0.1, 0.15) is 0 Å². The number of hydrogen-bond donors (Lipinski definition) is 2. The van der Waals surface area contributed by atoms with Crippen LogP contribution in [0.2, 0.25) is 0 Å². The summed E-state index contributed by atoms with van der Waals surface area (Å²) in [6, 6.07) is 4.46. The normalized spacial score (nSPS) is 16.5. The monoisotopic (exact) mass is 371 g/mol. The highest BCUT2D eigenvalue weighted by Crippen LogP contribution is 2.29. The summed E-state index contributed by atoms with van der Waals surface area (Å²) in [5.41, 5.74) is -0.670. The molecule has 2 N–H and O–H groups in total. The van der Waals surface area contributed by atoms with Crippen molar-refractivity contribution in [3.05, 3.63) is 29.8 Å². The van der Waals surface area contributed by atoms with E-state index in [0.29, 0.717) is 18.5 Å². The number of anilines is 1. The fourth-order valence-corrected chi connectivity index (χ4v) is 2.92. The molecule has 0 aromatic heterocycles. The SMILES string of the molecule is CC(C)N1CCC(CNC(=O)C(=O)Nc2ccc(C(F)(F)F)cc2)CC1. The molecule has 2 rings (SSSR count). The minimum Gasteiger partial charge on any atom is -0.348 e. The molecule has 26 heavy (non-hydrogen) atoms. The van der Waals surface area contributed by atoms with E-state index in [0.717, 1.165) is 50.2 Å². The first-order valence-corrected chi connectivity index (χ1v) is 8.67. The Morgan fingerprint density at radius 1 is 1.12 bits per heavy atom. The van der Waals surface area contributed by atoms with Crippen LogP contribution in [0.1, 0.15) is 32.3 Å². The van der Waals surface area contributed by atoms with Gasteiger partial charge in [0.25, 0.3) is 0 Å². The highest BCUT2D eigenvalue weighted by atomic mass is 19.4. The predicted octanol–water partition coefficient (Wildman–Crippen LogP) is 2.88. The van der Waals surface area contributed by atoms with Crippen molar-refractivity contribution in [3.8, 4) is 0 Å². The molecule has 0 aliphatic carbocycles. The van der Waals surface area contributed by atoms with Gasteiger partial charge in [-0.3, -0.25) is 9.59 Å². The summed E-state index contributed by atoms with van der Waals surface area (Å²) in [7, 11) is 0. The molecule has 0 spiro atoms. The van der Waals surface area contributed by atoms with Crippen molar-refractivity contribution >= 4 is 17.5 Å². The molecule has 0 saturated carbocycles. The second-order valence-corrected chi connectivity index (χ2v) is 6.81. The van der Waals surface area contributed by atoms with E-state index in [9.17, 15) is 22.8 Å². The van der Waals surface area contributed by atoms with E-state index in [1.807, 2.05) is 0 Å². The minimum atomic E-state index is -4.44. The number of benzene rings is 1.